The Morgan fingerprint density at radius 2 is 1.71 bits per heavy atom. The zero-order valence-electron chi connectivity index (χ0n) is 12.0. The third-order valence-corrected chi connectivity index (χ3v) is 3.23. The molecule has 0 aliphatic heterocycles. The van der Waals surface area contributed by atoms with Crippen molar-refractivity contribution in [1.29, 1.82) is 0 Å². The molecule has 0 saturated carbocycles. The number of esters is 1. The van der Waals surface area contributed by atoms with E-state index in [1.54, 1.807) is 0 Å². The van der Waals surface area contributed by atoms with Crippen molar-refractivity contribution >= 4 is 18.4 Å². The van der Waals surface area contributed by atoms with Gasteiger partial charge in [-0.1, -0.05) is 54.6 Å². The second-order valence-corrected chi connectivity index (χ2v) is 4.83. The van der Waals surface area contributed by atoms with Crippen LogP contribution >= 0.6 is 12.4 Å². The first kappa shape index (κ1) is 17.2. The van der Waals surface area contributed by atoms with Crippen molar-refractivity contribution in [1.82, 2.24) is 0 Å². The fraction of sp³-hybridized carbons (Fsp3) is 0.235. The van der Waals surface area contributed by atoms with Gasteiger partial charge in [-0.05, 0) is 30.0 Å². The van der Waals surface area contributed by atoms with E-state index in [9.17, 15) is 4.79 Å². The molecule has 0 spiro atoms. The Kier molecular flexibility index (Phi) is 6.92. The highest BCUT2D eigenvalue weighted by molar-refractivity contribution is 5.85. The van der Waals surface area contributed by atoms with Crippen molar-refractivity contribution in [3.8, 4) is 0 Å². The summed E-state index contributed by atoms with van der Waals surface area (Å²) < 4.78 is 5.24. The van der Waals surface area contributed by atoms with Crippen LogP contribution in [0.2, 0.25) is 0 Å². The molecule has 1 atom stereocenters. The van der Waals surface area contributed by atoms with Gasteiger partial charge in [-0.15, -0.1) is 12.4 Å². The van der Waals surface area contributed by atoms with E-state index < -0.39 is 6.04 Å². The second-order valence-electron chi connectivity index (χ2n) is 4.83. The molecule has 0 aliphatic rings. The van der Waals surface area contributed by atoms with Crippen molar-refractivity contribution in [2.24, 2.45) is 5.73 Å². The van der Waals surface area contributed by atoms with Gasteiger partial charge < -0.3 is 10.5 Å². The average Bonchev–Trinajstić information content (AvgIpc) is 2.48. The predicted molar refractivity (Wildman–Crippen MR) is 86.3 cm³/mol. The standard InChI is InChI=1S/C17H19NO2.ClH/c1-13-7-5-6-10-15(13)11-16(18)17(19)20-12-14-8-3-2-4-9-14;/h2-10,16H,11-12,18H2,1H3;1H/t16-;/m0./s1. The number of carbonyl (C=O) groups excluding carboxylic acids is 1. The third-order valence-electron chi connectivity index (χ3n) is 3.23. The molecule has 0 unspecified atom stereocenters. The summed E-state index contributed by atoms with van der Waals surface area (Å²) in [4.78, 5) is 11.9. The molecule has 2 rings (SSSR count). The SMILES string of the molecule is Cc1ccccc1C[C@H](N)C(=O)OCc1ccccc1.Cl. The number of hydrogen-bond acceptors (Lipinski definition) is 3. The van der Waals surface area contributed by atoms with Crippen LogP contribution in [0.15, 0.2) is 54.6 Å². The molecule has 21 heavy (non-hydrogen) atoms. The minimum absolute atomic E-state index is 0. The molecule has 2 aromatic rings. The van der Waals surface area contributed by atoms with E-state index in [0.717, 1.165) is 16.7 Å². The fourth-order valence-electron chi connectivity index (χ4n) is 2.00. The van der Waals surface area contributed by atoms with Gasteiger partial charge in [0.15, 0.2) is 0 Å². The molecule has 0 fully saturated rings. The average molecular weight is 306 g/mol. The van der Waals surface area contributed by atoms with Crippen molar-refractivity contribution in [2.75, 3.05) is 0 Å². The summed E-state index contributed by atoms with van der Waals surface area (Å²) in [6.45, 7) is 2.28. The molecule has 0 heterocycles. The Hall–Kier alpha value is -1.84. The van der Waals surface area contributed by atoms with E-state index >= 15 is 0 Å². The Morgan fingerprint density at radius 1 is 1.10 bits per heavy atom. The lowest BCUT2D eigenvalue weighted by molar-refractivity contribution is -0.146. The maximum Gasteiger partial charge on any atom is 0.323 e. The Balaban J connectivity index is 0.00000220. The van der Waals surface area contributed by atoms with Gasteiger partial charge in [-0.3, -0.25) is 4.79 Å². The van der Waals surface area contributed by atoms with E-state index in [4.69, 9.17) is 10.5 Å². The normalized spacial score (nSPS) is 11.3. The van der Waals surface area contributed by atoms with Gasteiger partial charge in [0, 0.05) is 0 Å². The van der Waals surface area contributed by atoms with Gasteiger partial charge in [-0.2, -0.15) is 0 Å². The lowest BCUT2D eigenvalue weighted by Crippen LogP contribution is -2.34. The molecule has 4 heteroatoms. The number of rotatable bonds is 5. The van der Waals surface area contributed by atoms with Crippen LogP contribution in [0, 0.1) is 6.92 Å². The molecule has 2 aromatic carbocycles. The third kappa shape index (κ3) is 5.21. The number of benzene rings is 2. The fourth-order valence-corrected chi connectivity index (χ4v) is 2.00. The van der Waals surface area contributed by atoms with E-state index in [1.807, 2.05) is 61.5 Å². The van der Waals surface area contributed by atoms with Crippen molar-refractivity contribution in [3.63, 3.8) is 0 Å². The van der Waals surface area contributed by atoms with Crippen LogP contribution in [0.1, 0.15) is 16.7 Å². The molecular weight excluding hydrogens is 286 g/mol. The number of hydrogen-bond donors (Lipinski definition) is 1. The van der Waals surface area contributed by atoms with Gasteiger partial charge in [0.2, 0.25) is 0 Å². The first-order valence-electron chi connectivity index (χ1n) is 6.67. The predicted octanol–water partition coefficient (Wildman–Crippen LogP) is 3.03. The molecule has 0 bridgehead atoms. The molecule has 112 valence electrons. The van der Waals surface area contributed by atoms with Crippen LogP contribution in [0.25, 0.3) is 0 Å². The van der Waals surface area contributed by atoms with Crippen LogP contribution in [0.5, 0.6) is 0 Å². The maximum atomic E-state index is 11.9. The Bertz CT molecular complexity index is 572. The highest BCUT2D eigenvalue weighted by Crippen LogP contribution is 2.10. The summed E-state index contributed by atoms with van der Waals surface area (Å²) in [5.74, 6) is -0.364. The van der Waals surface area contributed by atoms with Crippen LogP contribution in [-0.4, -0.2) is 12.0 Å². The molecule has 0 aromatic heterocycles. The van der Waals surface area contributed by atoms with Gasteiger partial charge in [-0.25, -0.2) is 0 Å². The zero-order chi connectivity index (χ0) is 14.4. The van der Waals surface area contributed by atoms with Crippen LogP contribution in [0.3, 0.4) is 0 Å². The van der Waals surface area contributed by atoms with E-state index in [0.29, 0.717) is 6.42 Å². The lowest BCUT2D eigenvalue weighted by atomic mass is 10.0. The smallest absolute Gasteiger partial charge is 0.323 e. The molecule has 3 nitrogen and oxygen atoms in total. The summed E-state index contributed by atoms with van der Waals surface area (Å²) in [7, 11) is 0. The van der Waals surface area contributed by atoms with Crippen LogP contribution in [0.4, 0.5) is 0 Å². The molecule has 0 aliphatic carbocycles. The minimum atomic E-state index is -0.625. The van der Waals surface area contributed by atoms with Gasteiger partial charge >= 0.3 is 5.97 Å². The van der Waals surface area contributed by atoms with E-state index in [2.05, 4.69) is 0 Å². The van der Waals surface area contributed by atoms with E-state index in [-0.39, 0.29) is 25.0 Å². The number of halogens is 1. The Morgan fingerprint density at radius 3 is 2.38 bits per heavy atom. The van der Waals surface area contributed by atoms with Crippen LogP contribution < -0.4 is 5.73 Å². The summed E-state index contributed by atoms with van der Waals surface area (Å²) in [5.41, 5.74) is 9.09. The summed E-state index contributed by atoms with van der Waals surface area (Å²) >= 11 is 0. The van der Waals surface area contributed by atoms with E-state index in [1.165, 1.54) is 0 Å². The number of nitrogens with two attached hydrogens (primary N) is 1. The molecule has 2 N–H and O–H groups in total. The summed E-state index contributed by atoms with van der Waals surface area (Å²) in [5, 5.41) is 0. The molecule has 0 amide bonds. The van der Waals surface area contributed by atoms with Gasteiger partial charge in [0.05, 0.1) is 0 Å². The Labute approximate surface area is 131 Å². The first-order chi connectivity index (χ1) is 9.66. The number of carbonyl (C=O) groups is 1. The highest BCUT2D eigenvalue weighted by atomic mass is 35.5. The number of ether oxygens (including phenoxy) is 1. The highest BCUT2D eigenvalue weighted by Gasteiger charge is 2.16. The zero-order valence-corrected chi connectivity index (χ0v) is 12.8. The second kappa shape index (κ2) is 8.45. The van der Waals surface area contributed by atoms with Crippen molar-refractivity contribution in [2.45, 2.75) is 26.0 Å². The van der Waals surface area contributed by atoms with Crippen LogP contribution in [-0.2, 0) is 22.6 Å². The number of aryl methyl sites for hydroxylation is 1. The topological polar surface area (TPSA) is 52.3 Å². The minimum Gasteiger partial charge on any atom is -0.460 e. The first-order valence-corrected chi connectivity index (χ1v) is 6.67. The molecule has 0 radical (unpaired) electrons. The van der Waals surface area contributed by atoms with Gasteiger partial charge in [0.25, 0.3) is 0 Å². The molecular formula is C17H20ClNO2. The molecule has 0 saturated heterocycles. The summed E-state index contributed by atoms with van der Waals surface area (Å²) in [6.07, 6.45) is 0.500. The largest absolute Gasteiger partial charge is 0.460 e. The maximum absolute atomic E-state index is 11.9. The monoisotopic (exact) mass is 305 g/mol. The van der Waals surface area contributed by atoms with Crippen molar-refractivity contribution in [3.05, 3.63) is 71.3 Å². The quantitative estimate of drug-likeness (QED) is 0.864. The summed E-state index contributed by atoms with van der Waals surface area (Å²) in [6, 6.07) is 16.9. The van der Waals surface area contributed by atoms with Gasteiger partial charge in [0.1, 0.15) is 12.6 Å². The van der Waals surface area contributed by atoms with Crippen molar-refractivity contribution < 1.29 is 9.53 Å². The lowest BCUT2D eigenvalue weighted by Gasteiger charge is -2.13.